The van der Waals surface area contributed by atoms with Crippen LogP contribution < -0.4 is 0 Å². The Labute approximate surface area is 375 Å². The molecule has 3 aliphatic carbocycles. The third kappa shape index (κ3) is 5.55. The maximum Gasteiger partial charge on any atom is 0.402 e. The van der Waals surface area contributed by atoms with E-state index in [9.17, 15) is 0 Å². The molecule has 0 atom stereocenters. The maximum absolute atomic E-state index is 15.6. The average Bonchev–Trinajstić information content (AvgIpc) is 3.90. The van der Waals surface area contributed by atoms with Gasteiger partial charge in [0.1, 0.15) is 5.41 Å². The minimum Gasteiger partial charge on any atom is -0.170 e. The van der Waals surface area contributed by atoms with E-state index in [1.807, 2.05) is 48.5 Å². The second kappa shape index (κ2) is 14.5. The lowest BCUT2D eigenvalue weighted by Gasteiger charge is -2.30. The molecule has 0 saturated heterocycles. The highest BCUT2D eigenvalue weighted by Crippen LogP contribution is 2.59. The molecule has 0 heterocycles. The molecule has 0 nitrogen and oxygen atoms in total. The van der Waals surface area contributed by atoms with Gasteiger partial charge in [-0.1, -0.05) is 173 Å². The number of hydrogen-bond donors (Lipinski definition) is 0. The van der Waals surface area contributed by atoms with E-state index < -0.39 is 11.6 Å². The first-order valence-electron chi connectivity index (χ1n) is 23.1. The molecule has 0 radical (unpaired) electrons. The second-order valence-corrected chi connectivity index (χ2v) is 18.5. The van der Waals surface area contributed by atoms with Crippen LogP contribution in [-0.2, 0) is 16.2 Å². The van der Waals surface area contributed by atoms with E-state index in [0.717, 1.165) is 70.2 Å². The van der Waals surface area contributed by atoms with Gasteiger partial charge in [-0.05, 0) is 168 Å². The summed E-state index contributed by atoms with van der Waals surface area (Å²) in [7, 11) is 0. The van der Waals surface area contributed by atoms with Gasteiger partial charge in [-0.15, -0.1) is 0 Å². The highest BCUT2D eigenvalue weighted by molar-refractivity contribution is 5.89. The van der Waals surface area contributed by atoms with Crippen molar-refractivity contribution in [2.45, 2.75) is 82.7 Å². The molecule has 8 aromatic rings. The molecule has 3 heteroatoms. The molecule has 3 aliphatic rings. The maximum atomic E-state index is 15.6. The number of fused-ring (bicyclic) bond motifs is 9. The Balaban J connectivity index is 0.894. The summed E-state index contributed by atoms with van der Waals surface area (Å²) in [6.45, 7) is 10.5. The number of rotatable bonds is 8. The van der Waals surface area contributed by atoms with Crippen LogP contribution in [0.5, 0.6) is 0 Å². The summed E-state index contributed by atoms with van der Waals surface area (Å²) in [4.78, 5) is 0. The molecular weight excluding hydrogens is 790 g/mol. The summed E-state index contributed by atoms with van der Waals surface area (Å²) >= 11 is 0. The smallest absolute Gasteiger partial charge is 0.170 e. The molecule has 0 N–H and O–H groups in total. The number of hydrogen-bond acceptors (Lipinski definition) is 0. The van der Waals surface area contributed by atoms with Gasteiger partial charge in [-0.25, -0.2) is 0 Å². The highest BCUT2D eigenvalue weighted by atomic mass is 19.4. The fraction of sp³-hybridized carbons (Fsp3) is 0.213. The minimum atomic E-state index is -4.52. The van der Waals surface area contributed by atoms with Crippen molar-refractivity contribution in [1.29, 1.82) is 0 Å². The fourth-order valence-corrected chi connectivity index (χ4v) is 12.2. The van der Waals surface area contributed by atoms with Crippen molar-refractivity contribution in [3.8, 4) is 77.9 Å². The SMILES string of the molecule is CCC1(CC)c2ccccc2-c2ccc(-c3ccc(-c4ccc5c(c4)C(C)(C(F)(F)F)c4cc(-c6ccc(-c7ccc8c(c7)C(CC)(CC)c7ccccc7-8)cc6)ccc4-5)cc3)cc21. The quantitative estimate of drug-likeness (QED) is 0.143. The Morgan fingerprint density at radius 2 is 0.562 bits per heavy atom. The first-order chi connectivity index (χ1) is 31.0. The Kier molecular flexibility index (Phi) is 9.16. The van der Waals surface area contributed by atoms with Crippen molar-refractivity contribution in [3.05, 3.63) is 203 Å². The van der Waals surface area contributed by atoms with Crippen molar-refractivity contribution < 1.29 is 13.2 Å². The van der Waals surface area contributed by atoms with Crippen molar-refractivity contribution >= 4 is 0 Å². The van der Waals surface area contributed by atoms with Crippen LogP contribution in [0.4, 0.5) is 13.2 Å². The molecule has 11 rings (SSSR count). The second-order valence-electron chi connectivity index (χ2n) is 18.5. The zero-order valence-electron chi connectivity index (χ0n) is 37.1. The van der Waals surface area contributed by atoms with Crippen LogP contribution in [0.25, 0.3) is 77.9 Å². The Morgan fingerprint density at radius 1 is 0.312 bits per heavy atom. The van der Waals surface area contributed by atoms with Crippen molar-refractivity contribution in [3.63, 3.8) is 0 Å². The van der Waals surface area contributed by atoms with E-state index in [1.165, 1.54) is 51.4 Å². The van der Waals surface area contributed by atoms with Crippen LogP contribution >= 0.6 is 0 Å². The third-order valence-electron chi connectivity index (χ3n) is 16.0. The van der Waals surface area contributed by atoms with Crippen molar-refractivity contribution in [1.82, 2.24) is 0 Å². The molecule has 0 saturated carbocycles. The predicted molar refractivity (Wildman–Crippen MR) is 260 cm³/mol. The van der Waals surface area contributed by atoms with E-state index in [4.69, 9.17) is 0 Å². The van der Waals surface area contributed by atoms with Crippen LogP contribution in [0.2, 0.25) is 0 Å². The van der Waals surface area contributed by atoms with Gasteiger partial charge in [0.2, 0.25) is 0 Å². The number of halogens is 3. The van der Waals surface area contributed by atoms with Gasteiger partial charge in [0.15, 0.2) is 0 Å². The standard InChI is InChI=1S/C61H51F3/c1-6-59(7-2)52-16-12-10-14-46(52)50-32-28-44(36-56(50)59)40-22-18-38(19-23-40)42-26-30-48-49-31-27-43(35-55(49)58(5,54(48)34-42)61(62,63)64)39-20-24-41(25-21-39)45-29-33-51-47-15-11-13-17-53(47)60(8-3,9-4)57(51)37-45/h10-37H,6-9H2,1-5H3. The van der Waals surface area contributed by atoms with E-state index >= 15 is 13.2 Å². The molecule has 0 spiro atoms. The normalized spacial score (nSPS) is 15.5. The lowest BCUT2D eigenvalue weighted by atomic mass is 9.73. The zero-order valence-corrected chi connectivity index (χ0v) is 37.1. The molecule has 316 valence electrons. The van der Waals surface area contributed by atoms with Gasteiger partial charge in [0.05, 0.1) is 0 Å². The topological polar surface area (TPSA) is 0 Å². The molecular formula is C61H51F3. The molecule has 0 aromatic heterocycles. The van der Waals surface area contributed by atoms with Gasteiger partial charge < -0.3 is 0 Å². The van der Waals surface area contributed by atoms with Crippen LogP contribution in [0, 0.1) is 0 Å². The summed E-state index contributed by atoms with van der Waals surface area (Å²) in [5.41, 5.74) is 18.3. The number of benzene rings is 8. The summed E-state index contributed by atoms with van der Waals surface area (Å²) in [6.07, 6.45) is -0.426. The summed E-state index contributed by atoms with van der Waals surface area (Å²) < 4.78 is 46.9. The molecule has 0 bridgehead atoms. The highest BCUT2D eigenvalue weighted by Gasteiger charge is 2.58. The third-order valence-corrected chi connectivity index (χ3v) is 16.0. The lowest BCUT2D eigenvalue weighted by Crippen LogP contribution is -2.38. The predicted octanol–water partition coefficient (Wildman–Crippen LogP) is 17.4. The van der Waals surface area contributed by atoms with Crippen LogP contribution in [0.15, 0.2) is 170 Å². The Bertz CT molecular complexity index is 2930. The summed E-state index contributed by atoms with van der Waals surface area (Å²) in [5.74, 6) is 0. The summed E-state index contributed by atoms with van der Waals surface area (Å²) in [6, 6.07) is 59.1. The fourth-order valence-electron chi connectivity index (χ4n) is 12.2. The van der Waals surface area contributed by atoms with Gasteiger partial charge in [-0.3, -0.25) is 0 Å². The van der Waals surface area contributed by atoms with E-state index in [2.05, 4.69) is 137 Å². The summed E-state index contributed by atoms with van der Waals surface area (Å²) in [5, 5.41) is 0. The molecule has 8 aromatic carbocycles. The molecule has 0 fully saturated rings. The Hall–Kier alpha value is -6.45. The molecule has 64 heavy (non-hydrogen) atoms. The monoisotopic (exact) mass is 840 g/mol. The molecule has 0 aliphatic heterocycles. The van der Waals surface area contributed by atoms with Gasteiger partial charge in [0, 0.05) is 10.8 Å². The van der Waals surface area contributed by atoms with Crippen LogP contribution in [-0.4, -0.2) is 6.18 Å². The van der Waals surface area contributed by atoms with Crippen molar-refractivity contribution in [2.75, 3.05) is 0 Å². The van der Waals surface area contributed by atoms with Crippen molar-refractivity contribution in [2.24, 2.45) is 0 Å². The average molecular weight is 841 g/mol. The van der Waals surface area contributed by atoms with E-state index in [-0.39, 0.29) is 10.8 Å². The largest absolute Gasteiger partial charge is 0.402 e. The van der Waals surface area contributed by atoms with Gasteiger partial charge in [-0.2, -0.15) is 13.2 Å². The van der Waals surface area contributed by atoms with Gasteiger partial charge >= 0.3 is 6.18 Å². The molecule has 0 amide bonds. The zero-order chi connectivity index (χ0) is 44.2. The molecule has 0 unspecified atom stereocenters. The first kappa shape index (κ1) is 40.3. The van der Waals surface area contributed by atoms with Crippen LogP contribution in [0.3, 0.4) is 0 Å². The minimum absolute atomic E-state index is 0.0192. The van der Waals surface area contributed by atoms with E-state index in [0.29, 0.717) is 22.3 Å². The van der Waals surface area contributed by atoms with Crippen LogP contribution in [0.1, 0.15) is 93.7 Å². The van der Waals surface area contributed by atoms with Gasteiger partial charge in [0.25, 0.3) is 0 Å². The first-order valence-corrected chi connectivity index (χ1v) is 23.1. The Morgan fingerprint density at radius 3 is 0.859 bits per heavy atom. The number of alkyl halides is 3. The lowest BCUT2D eigenvalue weighted by molar-refractivity contribution is -0.172. The van der Waals surface area contributed by atoms with E-state index in [1.54, 1.807) is 12.1 Å².